The molecular weight excluding hydrogens is 250 g/mol. The molecule has 103 valence electrons. The molecule has 0 saturated carbocycles. The largest absolute Gasteiger partial charge is 0.455 e. The van der Waals surface area contributed by atoms with E-state index in [9.17, 15) is 0 Å². The molecule has 0 aliphatic carbocycles. The van der Waals surface area contributed by atoms with Crippen LogP contribution in [0.1, 0.15) is 24.5 Å². The van der Waals surface area contributed by atoms with Crippen LogP contribution in [-0.4, -0.2) is 23.1 Å². The molecule has 1 aliphatic heterocycles. The molecule has 2 heterocycles. The minimum atomic E-state index is 0.00843. The minimum Gasteiger partial charge on any atom is -0.455 e. The molecule has 4 heteroatoms. The number of hydrogen-bond acceptors (Lipinski definition) is 4. The van der Waals surface area contributed by atoms with Crippen LogP contribution in [0.5, 0.6) is 6.01 Å². The van der Waals surface area contributed by atoms with Crippen LogP contribution in [0.4, 0.5) is 0 Å². The van der Waals surface area contributed by atoms with Crippen LogP contribution in [0.2, 0.25) is 0 Å². The van der Waals surface area contributed by atoms with Crippen molar-refractivity contribution in [2.75, 3.05) is 13.1 Å². The van der Waals surface area contributed by atoms with Gasteiger partial charge in [-0.2, -0.15) is 4.98 Å². The fourth-order valence-electron chi connectivity index (χ4n) is 2.65. The number of hydrogen-bond donors (Lipinski definition) is 1. The van der Waals surface area contributed by atoms with Crippen molar-refractivity contribution in [2.24, 2.45) is 5.92 Å². The summed E-state index contributed by atoms with van der Waals surface area (Å²) in [5, 5.41) is 3.39. The van der Waals surface area contributed by atoms with Crippen LogP contribution in [0.3, 0.4) is 0 Å². The number of nitrogens with one attached hydrogen (secondary N) is 1. The minimum absolute atomic E-state index is 0.00843. The molecule has 1 aromatic carbocycles. The highest BCUT2D eigenvalue weighted by atomic mass is 16.5. The standard InChI is InChI=1S/C16H18N3O/c1-2-5-13(6-3-1)15(14-7-11-17-12-8-14)20-16-18-9-4-10-19-16/h1-6,9,14-15,17H,7-8,11-12H2. The molecule has 2 aromatic rings. The van der Waals surface area contributed by atoms with Crippen molar-refractivity contribution in [3.63, 3.8) is 0 Å². The van der Waals surface area contributed by atoms with Crippen molar-refractivity contribution in [2.45, 2.75) is 18.9 Å². The molecule has 1 atom stereocenters. The molecule has 3 rings (SSSR count). The predicted molar refractivity (Wildman–Crippen MR) is 76.3 cm³/mol. The summed E-state index contributed by atoms with van der Waals surface area (Å²) in [5.74, 6) is 0.488. The van der Waals surface area contributed by atoms with Crippen molar-refractivity contribution in [1.29, 1.82) is 0 Å². The summed E-state index contributed by atoms with van der Waals surface area (Å²) in [5.41, 5.74) is 1.19. The fourth-order valence-corrected chi connectivity index (χ4v) is 2.65. The molecule has 1 aromatic heterocycles. The highest BCUT2D eigenvalue weighted by molar-refractivity contribution is 5.19. The van der Waals surface area contributed by atoms with Gasteiger partial charge in [0.25, 0.3) is 0 Å². The summed E-state index contributed by atoms with van der Waals surface area (Å²) in [6.07, 6.45) is 6.65. The van der Waals surface area contributed by atoms with Gasteiger partial charge in [0, 0.05) is 12.1 Å². The Morgan fingerprint density at radius 2 is 2.00 bits per heavy atom. The second-order valence-corrected chi connectivity index (χ2v) is 5.00. The Morgan fingerprint density at radius 3 is 2.70 bits per heavy atom. The first kappa shape index (κ1) is 13.1. The van der Waals surface area contributed by atoms with Gasteiger partial charge in [0.2, 0.25) is 0 Å². The van der Waals surface area contributed by atoms with Crippen molar-refractivity contribution < 1.29 is 4.74 Å². The predicted octanol–water partition coefficient (Wildman–Crippen LogP) is 2.40. The van der Waals surface area contributed by atoms with Crippen molar-refractivity contribution in [3.05, 3.63) is 54.4 Å². The smallest absolute Gasteiger partial charge is 0.317 e. The third-order valence-electron chi connectivity index (χ3n) is 3.67. The summed E-state index contributed by atoms with van der Waals surface area (Å²) < 4.78 is 6.06. The fraction of sp³-hybridized carbons (Fsp3) is 0.375. The van der Waals surface area contributed by atoms with E-state index < -0.39 is 0 Å². The lowest BCUT2D eigenvalue weighted by Crippen LogP contribution is -2.32. The second kappa shape index (κ2) is 6.48. The van der Waals surface area contributed by atoms with Crippen LogP contribution >= 0.6 is 0 Å². The zero-order chi connectivity index (χ0) is 13.6. The van der Waals surface area contributed by atoms with E-state index in [0.29, 0.717) is 11.9 Å². The summed E-state index contributed by atoms with van der Waals surface area (Å²) in [7, 11) is 0. The lowest BCUT2D eigenvalue weighted by atomic mass is 9.88. The van der Waals surface area contributed by atoms with Gasteiger partial charge in [-0.3, -0.25) is 0 Å². The van der Waals surface area contributed by atoms with Crippen LogP contribution < -0.4 is 10.1 Å². The molecule has 20 heavy (non-hydrogen) atoms. The van der Waals surface area contributed by atoms with E-state index in [4.69, 9.17) is 4.74 Å². The summed E-state index contributed by atoms with van der Waals surface area (Å²) in [6, 6.07) is 12.4. The third kappa shape index (κ3) is 3.14. The summed E-state index contributed by atoms with van der Waals surface area (Å²) in [6.45, 7) is 2.08. The Kier molecular flexibility index (Phi) is 4.23. The molecule has 1 unspecified atom stereocenters. The average Bonchev–Trinajstić information content (AvgIpc) is 2.55. The highest BCUT2D eigenvalue weighted by Crippen LogP contribution is 2.32. The van der Waals surface area contributed by atoms with Gasteiger partial charge in [0.05, 0.1) is 6.20 Å². The zero-order valence-electron chi connectivity index (χ0n) is 11.3. The molecule has 1 aliphatic rings. The van der Waals surface area contributed by atoms with Crippen LogP contribution in [0, 0.1) is 12.1 Å². The molecule has 0 amide bonds. The van der Waals surface area contributed by atoms with E-state index >= 15 is 0 Å². The molecule has 1 fully saturated rings. The van der Waals surface area contributed by atoms with E-state index in [2.05, 4.69) is 33.6 Å². The first-order valence-electron chi connectivity index (χ1n) is 7.05. The number of rotatable bonds is 4. The Labute approximate surface area is 119 Å². The molecule has 0 bridgehead atoms. The van der Waals surface area contributed by atoms with Gasteiger partial charge in [-0.25, -0.2) is 4.98 Å². The number of ether oxygens (including phenoxy) is 1. The molecule has 1 radical (unpaired) electrons. The third-order valence-corrected chi connectivity index (χ3v) is 3.67. The average molecular weight is 268 g/mol. The topological polar surface area (TPSA) is 47.0 Å². The van der Waals surface area contributed by atoms with Gasteiger partial charge in [0.1, 0.15) is 6.10 Å². The van der Waals surface area contributed by atoms with Gasteiger partial charge in [-0.15, -0.1) is 0 Å². The number of nitrogens with zero attached hydrogens (tertiary/aromatic N) is 2. The summed E-state index contributed by atoms with van der Waals surface area (Å²) >= 11 is 0. The van der Waals surface area contributed by atoms with Gasteiger partial charge in [0.15, 0.2) is 0 Å². The first-order valence-corrected chi connectivity index (χ1v) is 7.05. The molecule has 1 N–H and O–H groups in total. The maximum atomic E-state index is 6.06. The Bertz CT molecular complexity index is 512. The van der Waals surface area contributed by atoms with E-state index in [1.165, 1.54) is 5.56 Å². The van der Waals surface area contributed by atoms with Crippen LogP contribution in [0.15, 0.2) is 42.6 Å². The lowest BCUT2D eigenvalue weighted by molar-refractivity contribution is 0.102. The SMILES string of the molecule is [c]1ccnc(OC(c2ccccc2)C2CCNCC2)n1. The molecule has 0 spiro atoms. The van der Waals surface area contributed by atoms with E-state index in [1.54, 1.807) is 12.3 Å². The molecular formula is C16H18N3O. The molecule has 4 nitrogen and oxygen atoms in total. The Hall–Kier alpha value is -1.94. The van der Waals surface area contributed by atoms with Crippen molar-refractivity contribution in [3.8, 4) is 6.01 Å². The maximum absolute atomic E-state index is 6.06. The first-order chi connectivity index (χ1) is 9.93. The van der Waals surface area contributed by atoms with Crippen LogP contribution in [-0.2, 0) is 0 Å². The number of benzene rings is 1. The summed E-state index contributed by atoms with van der Waals surface area (Å²) in [4.78, 5) is 8.22. The number of aromatic nitrogens is 2. The highest BCUT2D eigenvalue weighted by Gasteiger charge is 2.27. The second-order valence-electron chi connectivity index (χ2n) is 5.00. The molecule has 1 saturated heterocycles. The van der Waals surface area contributed by atoms with Gasteiger partial charge >= 0.3 is 6.01 Å². The maximum Gasteiger partial charge on any atom is 0.317 e. The van der Waals surface area contributed by atoms with Crippen molar-refractivity contribution in [1.82, 2.24) is 15.3 Å². The Morgan fingerprint density at radius 1 is 1.20 bits per heavy atom. The quantitative estimate of drug-likeness (QED) is 0.925. The van der Waals surface area contributed by atoms with E-state index in [-0.39, 0.29) is 6.10 Å². The van der Waals surface area contributed by atoms with Gasteiger partial charge in [-0.05, 0) is 37.6 Å². The Balaban J connectivity index is 1.83. The zero-order valence-corrected chi connectivity index (χ0v) is 11.3. The van der Waals surface area contributed by atoms with Gasteiger partial charge in [-0.1, -0.05) is 30.3 Å². The normalized spacial score (nSPS) is 17.6. The lowest BCUT2D eigenvalue weighted by Gasteiger charge is -2.30. The monoisotopic (exact) mass is 268 g/mol. The van der Waals surface area contributed by atoms with E-state index in [1.807, 2.05) is 18.2 Å². The van der Waals surface area contributed by atoms with Crippen LogP contribution in [0.25, 0.3) is 0 Å². The van der Waals surface area contributed by atoms with E-state index in [0.717, 1.165) is 25.9 Å². The van der Waals surface area contributed by atoms with Gasteiger partial charge < -0.3 is 10.1 Å². The number of piperidine rings is 1. The van der Waals surface area contributed by atoms with Crippen molar-refractivity contribution >= 4 is 0 Å².